The van der Waals surface area contributed by atoms with Gasteiger partial charge in [0.2, 0.25) is 5.91 Å². The van der Waals surface area contributed by atoms with E-state index >= 15 is 0 Å². The lowest BCUT2D eigenvalue weighted by Gasteiger charge is -2.07. The summed E-state index contributed by atoms with van der Waals surface area (Å²) in [5.41, 5.74) is 3.05. The molecule has 4 aromatic rings. The van der Waals surface area contributed by atoms with Crippen LogP contribution in [0, 0.1) is 0 Å². The van der Waals surface area contributed by atoms with Crippen LogP contribution in [0.3, 0.4) is 0 Å². The molecule has 0 atom stereocenters. The summed E-state index contributed by atoms with van der Waals surface area (Å²) in [6, 6.07) is 15.8. The van der Waals surface area contributed by atoms with Crippen LogP contribution in [-0.2, 0) is 11.4 Å². The van der Waals surface area contributed by atoms with Gasteiger partial charge in [0.25, 0.3) is 11.1 Å². The van der Waals surface area contributed by atoms with E-state index in [1.54, 1.807) is 0 Å². The van der Waals surface area contributed by atoms with Gasteiger partial charge in [-0.15, -0.1) is 21.5 Å². The molecule has 2 aromatic carbocycles. The highest BCUT2D eigenvalue weighted by atomic mass is 79.9. The molecular weight excluding hydrogens is 524 g/mol. The Hall–Kier alpha value is -2.69. The Morgan fingerprint density at radius 1 is 1.15 bits per heavy atom. The number of carbonyl (C=O) groups excluding carboxylic acids is 1. The second kappa shape index (κ2) is 11.0. The van der Waals surface area contributed by atoms with Crippen LogP contribution in [0.15, 0.2) is 68.0 Å². The fourth-order valence-electron chi connectivity index (χ4n) is 2.82. The molecule has 4 rings (SSSR count). The molecule has 0 unspecified atom stereocenters. The number of thioether (sulfide) groups is 1. The van der Waals surface area contributed by atoms with E-state index in [-0.39, 0.29) is 18.3 Å². The van der Waals surface area contributed by atoms with E-state index in [2.05, 4.69) is 50.3 Å². The quantitative estimate of drug-likeness (QED) is 0.244. The van der Waals surface area contributed by atoms with Crippen LogP contribution in [0.5, 0.6) is 5.75 Å². The number of rotatable bonds is 9. The first-order chi connectivity index (χ1) is 16.0. The van der Waals surface area contributed by atoms with E-state index in [1.807, 2.05) is 53.9 Å². The molecule has 2 aromatic heterocycles. The van der Waals surface area contributed by atoms with Crippen molar-refractivity contribution in [3.63, 3.8) is 0 Å². The maximum Gasteiger partial charge on any atom is 0.277 e. The van der Waals surface area contributed by atoms with Gasteiger partial charge < -0.3 is 14.5 Å². The first-order valence-electron chi connectivity index (χ1n) is 10.2. The van der Waals surface area contributed by atoms with Crippen molar-refractivity contribution in [2.24, 2.45) is 0 Å². The van der Waals surface area contributed by atoms with Crippen molar-refractivity contribution in [2.75, 3.05) is 11.1 Å². The molecule has 1 N–H and O–H groups in total. The number of hydrogen-bond donors (Lipinski definition) is 1. The van der Waals surface area contributed by atoms with Crippen molar-refractivity contribution in [3.8, 4) is 17.0 Å². The number of benzene rings is 2. The van der Waals surface area contributed by atoms with Gasteiger partial charge in [0.05, 0.1) is 11.4 Å². The largest absolute Gasteiger partial charge is 0.484 e. The third-order valence-electron chi connectivity index (χ3n) is 4.57. The van der Waals surface area contributed by atoms with E-state index in [9.17, 15) is 4.79 Å². The first-order valence-corrected chi connectivity index (χ1v) is 12.8. The lowest BCUT2D eigenvalue weighted by atomic mass is 10.0. The van der Waals surface area contributed by atoms with Gasteiger partial charge in [0.1, 0.15) is 5.75 Å². The Labute approximate surface area is 208 Å². The maximum atomic E-state index is 12.3. The molecule has 0 aliphatic rings. The van der Waals surface area contributed by atoms with Crippen LogP contribution >= 0.6 is 39.0 Å². The molecule has 0 aliphatic heterocycles. The van der Waals surface area contributed by atoms with Gasteiger partial charge in [-0.1, -0.05) is 65.8 Å². The van der Waals surface area contributed by atoms with Gasteiger partial charge in [0, 0.05) is 15.4 Å². The molecule has 0 bridgehead atoms. The first kappa shape index (κ1) is 23.5. The standard InChI is InChI=1S/C23H21BrN4O3S2/c1-14(2)15-5-9-18(10-6-15)30-11-21-27-28-23(31-21)33-13-20(29)26-22-25-19(12-32-22)16-3-7-17(24)8-4-16/h3-10,12,14H,11,13H2,1-2H3,(H,25,26,29). The summed E-state index contributed by atoms with van der Waals surface area (Å²) in [5.74, 6) is 1.49. The summed E-state index contributed by atoms with van der Waals surface area (Å²) >= 11 is 5.96. The van der Waals surface area contributed by atoms with Crippen molar-refractivity contribution in [1.29, 1.82) is 0 Å². The van der Waals surface area contributed by atoms with Crippen molar-refractivity contribution in [3.05, 3.63) is 69.8 Å². The second-order valence-corrected chi connectivity index (χ2v) is 10.1. The van der Waals surface area contributed by atoms with Crippen LogP contribution in [-0.4, -0.2) is 26.8 Å². The van der Waals surface area contributed by atoms with Crippen molar-refractivity contribution in [1.82, 2.24) is 15.2 Å². The van der Waals surface area contributed by atoms with Crippen LogP contribution < -0.4 is 10.1 Å². The lowest BCUT2D eigenvalue weighted by Crippen LogP contribution is -2.13. The lowest BCUT2D eigenvalue weighted by molar-refractivity contribution is -0.113. The SMILES string of the molecule is CC(C)c1ccc(OCc2nnc(SCC(=O)Nc3nc(-c4ccc(Br)cc4)cs3)o2)cc1. The molecule has 1 amide bonds. The molecular formula is C23H21BrN4O3S2. The zero-order chi connectivity index (χ0) is 23.2. The van der Waals surface area contributed by atoms with Crippen LogP contribution in [0.25, 0.3) is 11.3 Å². The zero-order valence-electron chi connectivity index (χ0n) is 17.9. The van der Waals surface area contributed by atoms with Gasteiger partial charge in [-0.2, -0.15) is 0 Å². The Balaban J connectivity index is 1.23. The molecule has 2 heterocycles. The minimum Gasteiger partial charge on any atom is -0.484 e. The highest BCUT2D eigenvalue weighted by molar-refractivity contribution is 9.10. The fourth-order valence-corrected chi connectivity index (χ4v) is 4.40. The second-order valence-electron chi connectivity index (χ2n) is 7.36. The van der Waals surface area contributed by atoms with Gasteiger partial charge in [-0.05, 0) is 35.7 Å². The highest BCUT2D eigenvalue weighted by Crippen LogP contribution is 2.26. The van der Waals surface area contributed by atoms with Gasteiger partial charge in [-0.25, -0.2) is 4.98 Å². The average Bonchev–Trinajstić information content (AvgIpc) is 3.47. The van der Waals surface area contributed by atoms with Crippen molar-refractivity contribution in [2.45, 2.75) is 31.6 Å². The van der Waals surface area contributed by atoms with Crippen molar-refractivity contribution < 1.29 is 13.9 Å². The molecule has 0 radical (unpaired) electrons. The number of hydrogen-bond acceptors (Lipinski definition) is 8. The number of anilines is 1. The van der Waals surface area contributed by atoms with Crippen LogP contribution in [0.4, 0.5) is 5.13 Å². The molecule has 170 valence electrons. The third-order valence-corrected chi connectivity index (χ3v) is 6.68. The summed E-state index contributed by atoms with van der Waals surface area (Å²) in [6.07, 6.45) is 0. The molecule has 0 spiro atoms. The minimum absolute atomic E-state index is 0.131. The molecule has 7 nitrogen and oxygen atoms in total. The van der Waals surface area contributed by atoms with Gasteiger partial charge >= 0.3 is 0 Å². The number of halogens is 1. The van der Waals surface area contributed by atoms with E-state index in [1.165, 1.54) is 16.9 Å². The molecule has 0 fully saturated rings. The number of amides is 1. The number of nitrogens with one attached hydrogen (secondary N) is 1. The third kappa shape index (κ3) is 6.66. The van der Waals surface area contributed by atoms with Gasteiger partial charge in [0.15, 0.2) is 11.7 Å². The Morgan fingerprint density at radius 3 is 2.64 bits per heavy atom. The smallest absolute Gasteiger partial charge is 0.277 e. The molecule has 0 saturated heterocycles. The summed E-state index contributed by atoms with van der Waals surface area (Å²) in [6.45, 7) is 4.45. The van der Waals surface area contributed by atoms with E-state index < -0.39 is 0 Å². The highest BCUT2D eigenvalue weighted by Gasteiger charge is 2.12. The number of nitrogens with zero attached hydrogens (tertiary/aromatic N) is 3. The Kier molecular flexibility index (Phi) is 7.79. The normalized spacial score (nSPS) is 11.0. The summed E-state index contributed by atoms with van der Waals surface area (Å²) < 4.78 is 12.3. The maximum absolute atomic E-state index is 12.3. The predicted molar refractivity (Wildman–Crippen MR) is 134 cm³/mol. The average molecular weight is 545 g/mol. The van der Waals surface area contributed by atoms with Crippen LogP contribution in [0.2, 0.25) is 0 Å². The monoisotopic (exact) mass is 544 g/mol. The number of ether oxygens (including phenoxy) is 1. The van der Waals surface area contributed by atoms with E-state index in [0.29, 0.717) is 22.2 Å². The van der Waals surface area contributed by atoms with Crippen molar-refractivity contribution >= 4 is 50.1 Å². The number of carbonyl (C=O) groups is 1. The van der Waals surface area contributed by atoms with Gasteiger partial charge in [-0.3, -0.25) is 4.79 Å². The summed E-state index contributed by atoms with van der Waals surface area (Å²) in [5, 5.41) is 13.5. The predicted octanol–water partition coefficient (Wildman–Crippen LogP) is 6.39. The number of aromatic nitrogens is 3. The molecule has 0 saturated carbocycles. The Morgan fingerprint density at radius 2 is 1.91 bits per heavy atom. The summed E-state index contributed by atoms with van der Waals surface area (Å²) in [7, 11) is 0. The topological polar surface area (TPSA) is 90.1 Å². The van der Waals surface area contributed by atoms with Crippen LogP contribution in [0.1, 0.15) is 31.2 Å². The van der Waals surface area contributed by atoms with E-state index in [4.69, 9.17) is 9.15 Å². The zero-order valence-corrected chi connectivity index (χ0v) is 21.2. The van der Waals surface area contributed by atoms with E-state index in [0.717, 1.165) is 33.2 Å². The fraction of sp³-hybridized carbons (Fsp3) is 0.217. The Bertz CT molecular complexity index is 1210. The molecule has 10 heteroatoms. The molecule has 0 aliphatic carbocycles. The molecule has 33 heavy (non-hydrogen) atoms. The minimum atomic E-state index is -0.196. The number of thiazole rings is 1. The summed E-state index contributed by atoms with van der Waals surface area (Å²) in [4.78, 5) is 16.8.